The van der Waals surface area contributed by atoms with Gasteiger partial charge in [-0.2, -0.15) is 5.26 Å². The van der Waals surface area contributed by atoms with E-state index in [0.717, 1.165) is 29.8 Å². The number of ether oxygens (including phenoxy) is 3. The minimum atomic E-state index is -0.531. The minimum absolute atomic E-state index is 0.0330. The highest BCUT2D eigenvalue weighted by atomic mass is 16.6. The maximum Gasteiger partial charge on any atom is 0.407 e. The van der Waals surface area contributed by atoms with E-state index >= 15 is 0 Å². The van der Waals surface area contributed by atoms with Gasteiger partial charge in [0.1, 0.15) is 18.0 Å². The molecular weight excluding hydrogens is 480 g/mol. The topological polar surface area (TPSA) is 96.7 Å². The quantitative estimate of drug-likeness (QED) is 0.432. The lowest BCUT2D eigenvalue weighted by Crippen LogP contribution is -2.46. The first-order valence-electron chi connectivity index (χ1n) is 12.8. The maximum absolute atomic E-state index is 12.1. The lowest BCUT2D eigenvalue weighted by Gasteiger charge is -2.33. The van der Waals surface area contributed by atoms with Gasteiger partial charge >= 0.3 is 6.09 Å². The molecule has 0 spiro atoms. The molecule has 1 aliphatic heterocycles. The monoisotopic (exact) mass is 514 g/mol. The Bertz CT molecular complexity index is 1290. The summed E-state index contributed by atoms with van der Waals surface area (Å²) < 4.78 is 17.0. The van der Waals surface area contributed by atoms with Crippen molar-refractivity contribution in [3.05, 3.63) is 71.8 Å². The molecule has 3 aromatic rings. The molecule has 8 heteroatoms. The lowest BCUT2D eigenvalue weighted by molar-refractivity contribution is 0.0497. The average molecular weight is 515 g/mol. The molecule has 0 unspecified atom stereocenters. The minimum Gasteiger partial charge on any atom is -0.493 e. The number of nitrogens with one attached hydrogen (secondary N) is 1. The summed E-state index contributed by atoms with van der Waals surface area (Å²) >= 11 is 0. The molecule has 0 bridgehead atoms. The van der Waals surface area contributed by atoms with Crippen LogP contribution in [0.1, 0.15) is 44.7 Å². The van der Waals surface area contributed by atoms with Crippen molar-refractivity contribution in [2.45, 2.75) is 51.9 Å². The molecule has 8 nitrogen and oxygen atoms in total. The second-order valence-electron chi connectivity index (χ2n) is 10.3. The van der Waals surface area contributed by atoms with Crippen molar-refractivity contribution in [1.29, 1.82) is 5.26 Å². The van der Waals surface area contributed by atoms with Crippen LogP contribution >= 0.6 is 0 Å². The van der Waals surface area contributed by atoms with Crippen LogP contribution < -0.4 is 19.7 Å². The number of anilines is 1. The Balaban J connectivity index is 1.49. The number of nitriles is 1. The number of benzene rings is 2. The lowest BCUT2D eigenvalue weighted by atomic mass is 10.0. The van der Waals surface area contributed by atoms with E-state index in [1.165, 1.54) is 0 Å². The number of rotatable bonds is 7. The molecule has 0 radical (unpaired) electrons. The largest absolute Gasteiger partial charge is 0.493 e. The number of amides is 1. The first-order chi connectivity index (χ1) is 18.2. The van der Waals surface area contributed by atoms with Gasteiger partial charge < -0.3 is 24.4 Å². The Morgan fingerprint density at radius 2 is 1.82 bits per heavy atom. The normalized spacial score (nSPS) is 13.9. The van der Waals surface area contributed by atoms with E-state index in [1.54, 1.807) is 13.2 Å². The van der Waals surface area contributed by atoms with E-state index in [2.05, 4.69) is 16.3 Å². The van der Waals surface area contributed by atoms with Crippen LogP contribution in [0.15, 0.2) is 60.7 Å². The zero-order valence-electron chi connectivity index (χ0n) is 22.4. The second kappa shape index (κ2) is 11.9. The molecule has 1 amide bonds. The molecule has 198 valence electrons. The number of carbonyl (C=O) groups is 1. The van der Waals surface area contributed by atoms with Gasteiger partial charge in [0, 0.05) is 24.7 Å². The van der Waals surface area contributed by atoms with Crippen molar-refractivity contribution in [1.82, 2.24) is 10.3 Å². The van der Waals surface area contributed by atoms with Crippen molar-refractivity contribution in [3.8, 4) is 28.8 Å². The van der Waals surface area contributed by atoms with Gasteiger partial charge in [0.25, 0.3) is 0 Å². The van der Waals surface area contributed by atoms with Crippen molar-refractivity contribution < 1.29 is 19.0 Å². The maximum atomic E-state index is 12.1. The third-order valence-electron chi connectivity index (χ3n) is 6.18. The fraction of sp³-hybridized carbons (Fsp3) is 0.367. The van der Waals surface area contributed by atoms with Crippen molar-refractivity contribution >= 4 is 11.9 Å². The molecule has 38 heavy (non-hydrogen) atoms. The third kappa shape index (κ3) is 7.16. The number of hydrogen-bond donors (Lipinski definition) is 1. The van der Waals surface area contributed by atoms with Gasteiger partial charge in [0.2, 0.25) is 0 Å². The Hall–Kier alpha value is -4.25. The van der Waals surface area contributed by atoms with Crippen LogP contribution in [0.2, 0.25) is 0 Å². The molecule has 1 aliphatic rings. The van der Waals surface area contributed by atoms with Crippen LogP contribution in [0.5, 0.6) is 11.5 Å². The first kappa shape index (κ1) is 26.8. The van der Waals surface area contributed by atoms with E-state index in [-0.39, 0.29) is 6.04 Å². The van der Waals surface area contributed by atoms with Gasteiger partial charge in [-0.15, -0.1) is 0 Å². The number of piperidine rings is 1. The molecule has 1 N–H and O–H groups in total. The molecule has 1 aromatic heterocycles. The molecule has 0 saturated carbocycles. The van der Waals surface area contributed by atoms with Crippen LogP contribution in [0.3, 0.4) is 0 Å². The first-order valence-corrected chi connectivity index (χ1v) is 12.8. The zero-order chi connectivity index (χ0) is 27.1. The molecular formula is C30H34N4O4. The standard InChI is InChI=1S/C30H34N4O4/c1-30(2,3)38-29(35)32-24-12-14-34(15-13-24)28-17-22(19-31)16-25(33-28)23-10-11-26(36-4)27(18-23)37-20-21-8-6-5-7-9-21/h5-11,16-18,24H,12-15,20H2,1-4H3,(H,32,35). The number of hydrogen-bond acceptors (Lipinski definition) is 7. The summed E-state index contributed by atoms with van der Waals surface area (Å²) in [6, 6.07) is 21.5. The number of carbonyl (C=O) groups excluding carboxylic acids is 1. The molecule has 1 saturated heterocycles. The van der Waals surface area contributed by atoms with Crippen molar-refractivity contribution in [2.24, 2.45) is 0 Å². The number of nitrogens with zero attached hydrogens (tertiary/aromatic N) is 3. The van der Waals surface area contributed by atoms with Crippen LogP contribution in [-0.2, 0) is 11.3 Å². The Kier molecular flexibility index (Phi) is 8.37. The average Bonchev–Trinajstić information content (AvgIpc) is 2.91. The number of alkyl carbamates (subject to hydrolysis) is 1. The van der Waals surface area contributed by atoms with Crippen LogP contribution in [0.25, 0.3) is 11.3 Å². The zero-order valence-corrected chi connectivity index (χ0v) is 22.4. The van der Waals surface area contributed by atoms with Gasteiger partial charge in [-0.1, -0.05) is 30.3 Å². The molecule has 1 fully saturated rings. The number of methoxy groups -OCH3 is 1. The highest BCUT2D eigenvalue weighted by Gasteiger charge is 2.25. The van der Waals surface area contributed by atoms with Crippen LogP contribution in [0, 0.1) is 11.3 Å². The Morgan fingerprint density at radius 1 is 1.08 bits per heavy atom. The fourth-order valence-corrected chi connectivity index (χ4v) is 4.30. The molecule has 2 heterocycles. The molecule has 2 aromatic carbocycles. The van der Waals surface area contributed by atoms with E-state index < -0.39 is 11.7 Å². The van der Waals surface area contributed by atoms with Gasteiger partial charge in [-0.05, 0) is 69.5 Å². The van der Waals surface area contributed by atoms with Crippen molar-refractivity contribution in [3.63, 3.8) is 0 Å². The summed E-state index contributed by atoms with van der Waals surface area (Å²) in [7, 11) is 1.61. The van der Waals surface area contributed by atoms with E-state index in [1.807, 2.05) is 75.4 Å². The van der Waals surface area contributed by atoms with Gasteiger partial charge in [-0.3, -0.25) is 0 Å². The molecule has 4 rings (SSSR count). The Labute approximate surface area is 224 Å². The Morgan fingerprint density at radius 3 is 2.47 bits per heavy atom. The van der Waals surface area contributed by atoms with Gasteiger partial charge in [-0.25, -0.2) is 9.78 Å². The van der Waals surface area contributed by atoms with Gasteiger partial charge in [0.05, 0.1) is 24.4 Å². The van der Waals surface area contributed by atoms with Crippen LogP contribution in [-0.4, -0.2) is 42.9 Å². The van der Waals surface area contributed by atoms with E-state index in [0.29, 0.717) is 42.5 Å². The smallest absolute Gasteiger partial charge is 0.407 e. The highest BCUT2D eigenvalue weighted by Crippen LogP contribution is 2.34. The summed E-state index contributed by atoms with van der Waals surface area (Å²) in [5, 5.41) is 12.7. The predicted octanol–water partition coefficient (Wildman–Crippen LogP) is 5.70. The SMILES string of the molecule is COc1ccc(-c2cc(C#N)cc(N3CCC(NC(=O)OC(C)(C)C)CC3)n2)cc1OCc1ccccc1. The number of pyridine rings is 1. The summed E-state index contributed by atoms with van der Waals surface area (Å²) in [4.78, 5) is 19.2. The summed E-state index contributed by atoms with van der Waals surface area (Å²) in [6.07, 6.45) is 1.12. The van der Waals surface area contributed by atoms with Crippen molar-refractivity contribution in [2.75, 3.05) is 25.1 Å². The van der Waals surface area contributed by atoms with Gasteiger partial charge in [0.15, 0.2) is 11.5 Å². The summed E-state index contributed by atoms with van der Waals surface area (Å²) in [6.45, 7) is 7.36. The highest BCUT2D eigenvalue weighted by molar-refractivity contribution is 5.69. The summed E-state index contributed by atoms with van der Waals surface area (Å²) in [5.41, 5.74) is 2.56. The second-order valence-corrected chi connectivity index (χ2v) is 10.3. The third-order valence-corrected chi connectivity index (χ3v) is 6.18. The van der Waals surface area contributed by atoms with Crippen LogP contribution in [0.4, 0.5) is 10.6 Å². The molecule has 0 atom stereocenters. The van der Waals surface area contributed by atoms with E-state index in [4.69, 9.17) is 19.2 Å². The number of aromatic nitrogens is 1. The van der Waals surface area contributed by atoms with E-state index in [9.17, 15) is 10.1 Å². The predicted molar refractivity (Wildman–Crippen MR) is 146 cm³/mol. The molecule has 0 aliphatic carbocycles. The summed E-state index contributed by atoms with van der Waals surface area (Å²) in [5.74, 6) is 1.96. The fourth-order valence-electron chi connectivity index (χ4n) is 4.30.